The lowest BCUT2D eigenvalue weighted by Gasteiger charge is -2.26. The van der Waals surface area contributed by atoms with Gasteiger partial charge in [-0.05, 0) is 37.4 Å². The maximum atomic E-state index is 5.59. The third-order valence-corrected chi connectivity index (χ3v) is 3.26. The molecule has 96 valence electrons. The Hall–Kier alpha value is -0.860. The predicted octanol–water partition coefficient (Wildman–Crippen LogP) is 3.01. The lowest BCUT2D eigenvalue weighted by Crippen LogP contribution is -2.29. The van der Waals surface area contributed by atoms with Crippen molar-refractivity contribution in [3.8, 4) is 0 Å². The van der Waals surface area contributed by atoms with Crippen molar-refractivity contribution in [3.63, 3.8) is 0 Å². The third kappa shape index (κ3) is 4.88. The summed E-state index contributed by atoms with van der Waals surface area (Å²) in [5.41, 5.74) is 8.16. The van der Waals surface area contributed by atoms with Crippen molar-refractivity contribution in [3.05, 3.63) is 35.4 Å². The largest absolute Gasteiger partial charge is 0.326 e. The average Bonchev–Trinajstić information content (AvgIpc) is 2.29. The smallest absolute Gasteiger partial charge is 0.0233 e. The molecule has 0 aliphatic carbocycles. The zero-order valence-corrected chi connectivity index (χ0v) is 11.6. The second kappa shape index (κ2) is 6.77. The van der Waals surface area contributed by atoms with Gasteiger partial charge in [-0.15, -0.1) is 0 Å². The molecule has 2 N–H and O–H groups in total. The quantitative estimate of drug-likeness (QED) is 0.820. The Morgan fingerprint density at radius 1 is 1.06 bits per heavy atom. The van der Waals surface area contributed by atoms with E-state index in [2.05, 4.69) is 57.0 Å². The molecule has 1 aromatic carbocycles. The highest BCUT2D eigenvalue weighted by Crippen LogP contribution is 2.13. The molecule has 0 aliphatic rings. The van der Waals surface area contributed by atoms with Crippen LogP contribution in [-0.4, -0.2) is 18.0 Å². The van der Waals surface area contributed by atoms with Gasteiger partial charge in [0, 0.05) is 19.1 Å². The Morgan fingerprint density at radius 2 is 1.59 bits per heavy atom. The molecule has 2 heteroatoms. The summed E-state index contributed by atoms with van der Waals surface area (Å²) in [6.45, 7) is 8.49. The van der Waals surface area contributed by atoms with Crippen molar-refractivity contribution < 1.29 is 0 Å². The topological polar surface area (TPSA) is 29.3 Å². The first-order valence-electron chi connectivity index (χ1n) is 6.51. The molecule has 2 nitrogen and oxygen atoms in total. The molecule has 0 fully saturated rings. The number of nitrogens with two attached hydrogens (primary N) is 1. The molecule has 0 bridgehead atoms. The van der Waals surface area contributed by atoms with Gasteiger partial charge in [0.05, 0.1) is 0 Å². The van der Waals surface area contributed by atoms with E-state index >= 15 is 0 Å². The highest BCUT2D eigenvalue weighted by molar-refractivity contribution is 5.22. The van der Waals surface area contributed by atoms with Crippen LogP contribution in [0.3, 0.4) is 0 Å². The maximum Gasteiger partial charge on any atom is 0.0233 e. The molecule has 0 aliphatic heterocycles. The Bertz CT molecular complexity index is 316. The van der Waals surface area contributed by atoms with Gasteiger partial charge in [-0.2, -0.15) is 0 Å². The van der Waals surface area contributed by atoms with Crippen LogP contribution in [0.2, 0.25) is 0 Å². The van der Waals surface area contributed by atoms with Crippen molar-refractivity contribution in [2.75, 3.05) is 7.05 Å². The van der Waals surface area contributed by atoms with Gasteiger partial charge in [0.1, 0.15) is 0 Å². The molecular formula is C15H26N2. The summed E-state index contributed by atoms with van der Waals surface area (Å²) in [6.07, 6.45) is 1.25. The number of nitrogens with zero attached hydrogens (tertiary/aromatic N) is 1. The average molecular weight is 234 g/mol. The molecule has 1 unspecified atom stereocenters. The number of rotatable bonds is 6. The Kier molecular flexibility index (Phi) is 5.66. The van der Waals surface area contributed by atoms with Gasteiger partial charge < -0.3 is 5.73 Å². The van der Waals surface area contributed by atoms with Crippen molar-refractivity contribution in [2.24, 2.45) is 11.7 Å². The molecule has 0 amide bonds. The summed E-state index contributed by atoms with van der Waals surface area (Å²) in [4.78, 5) is 2.41. The molecule has 0 saturated carbocycles. The molecule has 1 rings (SSSR count). The zero-order valence-electron chi connectivity index (χ0n) is 11.6. The molecular weight excluding hydrogens is 208 g/mol. The van der Waals surface area contributed by atoms with Gasteiger partial charge in [0.15, 0.2) is 0 Å². The fraction of sp³-hybridized carbons (Fsp3) is 0.600. The molecule has 17 heavy (non-hydrogen) atoms. The fourth-order valence-corrected chi connectivity index (χ4v) is 2.09. The lowest BCUT2D eigenvalue weighted by atomic mass is 10.0. The second-order valence-corrected chi connectivity index (χ2v) is 5.41. The highest BCUT2D eigenvalue weighted by atomic mass is 15.1. The van der Waals surface area contributed by atoms with Gasteiger partial charge in [-0.25, -0.2) is 0 Å². The van der Waals surface area contributed by atoms with Gasteiger partial charge in [-0.3, -0.25) is 4.90 Å². The number of hydrogen-bond donors (Lipinski definition) is 1. The van der Waals surface area contributed by atoms with Gasteiger partial charge in [0.2, 0.25) is 0 Å². The monoisotopic (exact) mass is 234 g/mol. The minimum atomic E-state index is 0.625. The van der Waals surface area contributed by atoms with Crippen LogP contribution >= 0.6 is 0 Å². The summed E-state index contributed by atoms with van der Waals surface area (Å²) in [5, 5.41) is 0. The van der Waals surface area contributed by atoms with Crippen LogP contribution in [0, 0.1) is 5.92 Å². The lowest BCUT2D eigenvalue weighted by molar-refractivity contribution is 0.220. The van der Waals surface area contributed by atoms with Crippen molar-refractivity contribution in [1.82, 2.24) is 4.90 Å². The van der Waals surface area contributed by atoms with Crippen molar-refractivity contribution in [1.29, 1.82) is 0 Å². The number of benzene rings is 1. The Morgan fingerprint density at radius 3 is 2.06 bits per heavy atom. The predicted molar refractivity (Wildman–Crippen MR) is 74.7 cm³/mol. The van der Waals surface area contributed by atoms with Crippen LogP contribution in [0.4, 0.5) is 0 Å². The molecule has 0 heterocycles. The molecule has 1 atom stereocenters. The minimum absolute atomic E-state index is 0.625. The molecule has 0 radical (unpaired) electrons. The Labute approximate surface area is 106 Å². The zero-order chi connectivity index (χ0) is 12.8. The number of hydrogen-bond acceptors (Lipinski definition) is 2. The fourth-order valence-electron chi connectivity index (χ4n) is 2.09. The van der Waals surface area contributed by atoms with Crippen LogP contribution in [0.1, 0.15) is 38.3 Å². The van der Waals surface area contributed by atoms with Gasteiger partial charge >= 0.3 is 0 Å². The van der Waals surface area contributed by atoms with E-state index in [1.165, 1.54) is 17.5 Å². The summed E-state index contributed by atoms with van der Waals surface area (Å²) < 4.78 is 0. The highest BCUT2D eigenvalue weighted by Gasteiger charge is 2.11. The van der Waals surface area contributed by atoms with Crippen LogP contribution < -0.4 is 5.73 Å². The first-order valence-corrected chi connectivity index (χ1v) is 6.51. The van der Waals surface area contributed by atoms with Crippen LogP contribution in [0.5, 0.6) is 0 Å². The van der Waals surface area contributed by atoms with E-state index in [-0.39, 0.29) is 0 Å². The van der Waals surface area contributed by atoms with Crippen molar-refractivity contribution >= 4 is 0 Å². The van der Waals surface area contributed by atoms with Gasteiger partial charge in [-0.1, -0.05) is 38.1 Å². The first kappa shape index (κ1) is 14.2. The van der Waals surface area contributed by atoms with E-state index in [0.29, 0.717) is 12.6 Å². The van der Waals surface area contributed by atoms with E-state index in [4.69, 9.17) is 5.73 Å². The summed E-state index contributed by atoms with van der Waals surface area (Å²) in [5.74, 6) is 0.757. The van der Waals surface area contributed by atoms with E-state index in [1.54, 1.807) is 0 Å². The summed E-state index contributed by atoms with van der Waals surface area (Å²) in [6, 6.07) is 9.23. The first-order chi connectivity index (χ1) is 8.02. The minimum Gasteiger partial charge on any atom is -0.326 e. The van der Waals surface area contributed by atoms with E-state index in [9.17, 15) is 0 Å². The van der Waals surface area contributed by atoms with E-state index in [1.807, 2.05) is 0 Å². The SMILES string of the molecule is CC(C)CC(C)N(C)Cc1ccc(CN)cc1. The van der Waals surface area contributed by atoms with Crippen LogP contribution in [0.15, 0.2) is 24.3 Å². The van der Waals surface area contributed by atoms with Crippen LogP contribution in [0.25, 0.3) is 0 Å². The standard InChI is InChI=1S/C15H26N2/c1-12(2)9-13(3)17(4)11-15-7-5-14(10-16)6-8-15/h5-8,12-13H,9-11,16H2,1-4H3. The molecule has 0 saturated heterocycles. The molecule has 0 aromatic heterocycles. The normalized spacial score (nSPS) is 13.4. The van der Waals surface area contributed by atoms with Gasteiger partial charge in [0.25, 0.3) is 0 Å². The molecule has 1 aromatic rings. The summed E-state index contributed by atoms with van der Waals surface area (Å²) >= 11 is 0. The third-order valence-electron chi connectivity index (χ3n) is 3.26. The van der Waals surface area contributed by atoms with E-state index < -0.39 is 0 Å². The molecule has 0 spiro atoms. The second-order valence-electron chi connectivity index (χ2n) is 5.41. The van der Waals surface area contributed by atoms with Crippen molar-refractivity contribution in [2.45, 2.75) is 46.3 Å². The maximum absolute atomic E-state index is 5.59. The van der Waals surface area contributed by atoms with E-state index in [0.717, 1.165) is 12.5 Å². The Balaban J connectivity index is 2.51. The van der Waals surface area contributed by atoms with Crippen LogP contribution in [-0.2, 0) is 13.1 Å². The summed E-state index contributed by atoms with van der Waals surface area (Å²) in [7, 11) is 2.20.